The van der Waals surface area contributed by atoms with Crippen LogP contribution in [0.5, 0.6) is 0 Å². The quantitative estimate of drug-likeness (QED) is 0.613. The molecule has 28 heavy (non-hydrogen) atoms. The molecule has 2 aromatic carbocycles. The molecule has 0 spiro atoms. The topological polar surface area (TPSA) is 84.9 Å². The third-order valence-corrected chi connectivity index (χ3v) is 4.61. The van der Waals surface area contributed by atoms with E-state index in [4.69, 9.17) is 9.47 Å². The van der Waals surface area contributed by atoms with Crippen molar-refractivity contribution in [3.63, 3.8) is 0 Å². The van der Waals surface area contributed by atoms with Gasteiger partial charge in [0.25, 0.3) is 0 Å². The van der Waals surface area contributed by atoms with Crippen molar-refractivity contribution in [1.29, 1.82) is 0 Å². The molecule has 7 nitrogen and oxygen atoms in total. The number of rotatable bonds is 6. The second kappa shape index (κ2) is 8.56. The molecule has 146 valence electrons. The van der Waals surface area contributed by atoms with Crippen LogP contribution in [0.15, 0.2) is 48.5 Å². The lowest BCUT2D eigenvalue weighted by atomic mass is 9.98. The predicted octanol–water partition coefficient (Wildman–Crippen LogP) is 2.50. The predicted molar refractivity (Wildman–Crippen MR) is 102 cm³/mol. The van der Waals surface area contributed by atoms with Crippen LogP contribution in [0.25, 0.3) is 11.1 Å². The molecular weight excluding hydrogens is 360 g/mol. The van der Waals surface area contributed by atoms with Crippen molar-refractivity contribution in [2.45, 2.75) is 12.8 Å². The molecule has 1 N–H and O–H groups in total. The molecule has 0 saturated carbocycles. The Hall–Kier alpha value is -3.35. The number of nitrogens with one attached hydrogen (secondary N) is 1. The molecule has 7 heteroatoms. The molecule has 0 atom stereocenters. The molecule has 0 saturated heterocycles. The van der Waals surface area contributed by atoms with E-state index in [1.54, 1.807) is 0 Å². The number of hydrogen-bond donors (Lipinski definition) is 1. The van der Waals surface area contributed by atoms with Gasteiger partial charge in [-0.05, 0) is 22.3 Å². The van der Waals surface area contributed by atoms with Crippen molar-refractivity contribution in [3.8, 4) is 11.1 Å². The highest BCUT2D eigenvalue weighted by Crippen LogP contribution is 2.44. The number of carbonyl (C=O) groups excluding carboxylic acids is 3. The maximum absolute atomic E-state index is 12.0. The number of amides is 2. The Balaban J connectivity index is 1.54. The number of hydrogen-bond acceptors (Lipinski definition) is 5. The van der Waals surface area contributed by atoms with E-state index in [1.807, 2.05) is 36.4 Å². The first kappa shape index (κ1) is 19.4. The number of carbonyl (C=O) groups is 3. The summed E-state index contributed by atoms with van der Waals surface area (Å²) in [4.78, 5) is 35.9. The fraction of sp³-hybridized carbons (Fsp3) is 0.286. The lowest BCUT2D eigenvalue weighted by molar-refractivity contribution is -0.149. The van der Waals surface area contributed by atoms with Gasteiger partial charge in [0.1, 0.15) is 13.2 Å². The van der Waals surface area contributed by atoms with Crippen molar-refractivity contribution < 1.29 is 23.9 Å². The zero-order chi connectivity index (χ0) is 20.1. The van der Waals surface area contributed by atoms with Gasteiger partial charge in [0.15, 0.2) is 6.73 Å². The normalized spacial score (nSPS) is 11.9. The fourth-order valence-corrected chi connectivity index (χ4v) is 3.19. The van der Waals surface area contributed by atoms with Crippen molar-refractivity contribution in [3.05, 3.63) is 59.7 Å². The van der Waals surface area contributed by atoms with Gasteiger partial charge in [-0.15, -0.1) is 0 Å². The molecule has 2 amide bonds. The lowest BCUT2D eigenvalue weighted by Crippen LogP contribution is -2.39. The Bertz CT molecular complexity index is 850. The molecule has 3 rings (SSSR count). The average Bonchev–Trinajstić information content (AvgIpc) is 3.02. The Labute approximate surface area is 163 Å². The maximum atomic E-state index is 12.0. The largest absolute Gasteiger partial charge is 0.449 e. The number of esters is 1. The number of fused-ring (bicyclic) bond motifs is 3. The van der Waals surface area contributed by atoms with E-state index in [0.717, 1.165) is 22.3 Å². The summed E-state index contributed by atoms with van der Waals surface area (Å²) >= 11 is 0. The van der Waals surface area contributed by atoms with Gasteiger partial charge in [0.2, 0.25) is 5.91 Å². The molecule has 0 bridgehead atoms. The van der Waals surface area contributed by atoms with Crippen molar-refractivity contribution in [2.75, 3.05) is 26.9 Å². The monoisotopic (exact) mass is 382 g/mol. The number of alkyl carbamates (subject to hydrolysis) is 1. The third kappa shape index (κ3) is 4.31. The first-order valence-electron chi connectivity index (χ1n) is 8.93. The van der Waals surface area contributed by atoms with Crippen molar-refractivity contribution in [2.24, 2.45) is 0 Å². The van der Waals surface area contributed by atoms with Crippen LogP contribution >= 0.6 is 0 Å². The van der Waals surface area contributed by atoms with Crippen LogP contribution in [0.2, 0.25) is 0 Å². The van der Waals surface area contributed by atoms with E-state index in [0.29, 0.717) is 0 Å². The van der Waals surface area contributed by atoms with Gasteiger partial charge < -0.3 is 19.7 Å². The summed E-state index contributed by atoms with van der Waals surface area (Å²) in [5, 5.41) is 2.43. The number of benzene rings is 2. The summed E-state index contributed by atoms with van der Waals surface area (Å²) in [6.45, 7) is 1.03. The van der Waals surface area contributed by atoms with Crippen LogP contribution in [0.1, 0.15) is 24.0 Å². The van der Waals surface area contributed by atoms with E-state index in [2.05, 4.69) is 17.4 Å². The summed E-state index contributed by atoms with van der Waals surface area (Å²) in [5.74, 6) is -0.917. The Morgan fingerprint density at radius 1 is 0.964 bits per heavy atom. The van der Waals surface area contributed by atoms with Crippen LogP contribution in [-0.2, 0) is 19.1 Å². The summed E-state index contributed by atoms with van der Waals surface area (Å²) < 4.78 is 10.1. The molecular formula is C21H22N2O5. The minimum absolute atomic E-state index is 0.0412. The first-order valence-corrected chi connectivity index (χ1v) is 8.93. The zero-order valence-corrected chi connectivity index (χ0v) is 15.8. The van der Waals surface area contributed by atoms with Gasteiger partial charge in [-0.1, -0.05) is 48.5 Å². The van der Waals surface area contributed by atoms with E-state index < -0.39 is 18.0 Å². The smallest absolute Gasteiger partial charge is 0.407 e. The maximum Gasteiger partial charge on any atom is 0.407 e. The molecule has 0 fully saturated rings. The molecule has 1 aliphatic carbocycles. The fourth-order valence-electron chi connectivity index (χ4n) is 3.19. The summed E-state index contributed by atoms with van der Waals surface area (Å²) in [5.41, 5.74) is 4.53. The highest BCUT2D eigenvalue weighted by Gasteiger charge is 2.29. The van der Waals surface area contributed by atoms with Gasteiger partial charge in [0, 0.05) is 19.9 Å². The molecule has 0 aliphatic heterocycles. The first-order chi connectivity index (χ1) is 13.5. The van der Waals surface area contributed by atoms with Crippen molar-refractivity contribution in [1.82, 2.24) is 10.2 Å². The lowest BCUT2D eigenvalue weighted by Gasteiger charge is -2.17. The summed E-state index contributed by atoms with van der Waals surface area (Å²) in [7, 11) is 1.48. The highest BCUT2D eigenvalue weighted by molar-refractivity contribution is 5.82. The molecule has 0 heterocycles. The SMILES string of the molecule is CC(=O)OCN(C)C(=O)CNC(=O)OCC1c2ccccc2-c2ccccc21. The standard InChI is InChI=1S/C21H22N2O5/c1-14(24)28-13-23(2)20(25)11-22-21(26)27-12-19-17-9-5-3-7-15(17)16-8-4-6-10-18(16)19/h3-10,19H,11-13H2,1-2H3,(H,22,26). The van der Waals surface area contributed by atoms with E-state index in [-0.39, 0.29) is 25.8 Å². The average molecular weight is 382 g/mol. The van der Waals surface area contributed by atoms with Crippen LogP contribution < -0.4 is 5.32 Å². The van der Waals surface area contributed by atoms with Crippen molar-refractivity contribution >= 4 is 18.0 Å². The van der Waals surface area contributed by atoms with Crippen LogP contribution in [-0.4, -0.2) is 49.8 Å². The minimum atomic E-state index is -0.670. The summed E-state index contributed by atoms with van der Waals surface area (Å²) in [6.07, 6.45) is -0.670. The van der Waals surface area contributed by atoms with Crippen LogP contribution in [0.4, 0.5) is 4.79 Å². The number of likely N-dealkylation sites (N-methyl/N-ethyl adjacent to an activating group) is 1. The second-order valence-electron chi connectivity index (χ2n) is 6.54. The highest BCUT2D eigenvalue weighted by atomic mass is 16.6. The van der Waals surface area contributed by atoms with Gasteiger partial charge >= 0.3 is 12.1 Å². The Kier molecular flexibility index (Phi) is 5.93. The Morgan fingerprint density at radius 2 is 1.54 bits per heavy atom. The van der Waals surface area contributed by atoms with Gasteiger partial charge in [0.05, 0.1) is 0 Å². The van der Waals surface area contributed by atoms with E-state index >= 15 is 0 Å². The second-order valence-corrected chi connectivity index (χ2v) is 6.54. The van der Waals surface area contributed by atoms with Gasteiger partial charge in [-0.2, -0.15) is 0 Å². The van der Waals surface area contributed by atoms with Crippen LogP contribution in [0, 0.1) is 0 Å². The molecule has 0 aromatic heterocycles. The van der Waals surface area contributed by atoms with E-state index in [1.165, 1.54) is 18.9 Å². The number of ether oxygens (including phenoxy) is 2. The third-order valence-electron chi connectivity index (χ3n) is 4.61. The Morgan fingerprint density at radius 3 is 2.11 bits per heavy atom. The zero-order valence-electron chi connectivity index (χ0n) is 15.8. The molecule has 2 aromatic rings. The molecule has 1 aliphatic rings. The summed E-state index contributed by atoms with van der Waals surface area (Å²) in [6, 6.07) is 16.1. The molecule has 0 radical (unpaired) electrons. The van der Waals surface area contributed by atoms with E-state index in [9.17, 15) is 14.4 Å². The van der Waals surface area contributed by atoms with Gasteiger partial charge in [-0.25, -0.2) is 4.79 Å². The molecule has 0 unspecified atom stereocenters. The minimum Gasteiger partial charge on any atom is -0.449 e. The number of nitrogens with zero attached hydrogens (tertiary/aromatic N) is 1. The van der Waals surface area contributed by atoms with Crippen LogP contribution in [0.3, 0.4) is 0 Å². The van der Waals surface area contributed by atoms with Gasteiger partial charge in [-0.3, -0.25) is 9.59 Å².